The van der Waals surface area contributed by atoms with E-state index in [4.69, 9.17) is 0 Å². The van der Waals surface area contributed by atoms with Gasteiger partial charge in [0.15, 0.2) is 0 Å². The largest absolute Gasteiger partial charge is 0.389 e. The van der Waals surface area contributed by atoms with E-state index in [1.54, 1.807) is 39.8 Å². The minimum Gasteiger partial charge on any atom is -0.389 e. The molecule has 1 rings (SSSR count). The molecule has 0 bridgehead atoms. The van der Waals surface area contributed by atoms with Crippen molar-refractivity contribution in [3.8, 4) is 0 Å². The van der Waals surface area contributed by atoms with Crippen molar-refractivity contribution < 1.29 is 13.5 Å². The van der Waals surface area contributed by atoms with Gasteiger partial charge in [-0.1, -0.05) is 19.1 Å². The van der Waals surface area contributed by atoms with Crippen molar-refractivity contribution >= 4 is 10.0 Å². The van der Waals surface area contributed by atoms with Gasteiger partial charge in [0, 0.05) is 13.1 Å². The van der Waals surface area contributed by atoms with Gasteiger partial charge in [-0.3, -0.25) is 0 Å². The summed E-state index contributed by atoms with van der Waals surface area (Å²) < 4.78 is 26.6. The van der Waals surface area contributed by atoms with Crippen LogP contribution >= 0.6 is 0 Å². The third-order valence-electron chi connectivity index (χ3n) is 2.88. The highest BCUT2D eigenvalue weighted by Crippen LogP contribution is 2.22. The summed E-state index contributed by atoms with van der Waals surface area (Å²) in [6.07, 6.45) is 0. The Morgan fingerprint density at radius 3 is 2.32 bits per heavy atom. The monoisotopic (exact) mass is 285 g/mol. The molecule has 0 heterocycles. The maximum absolute atomic E-state index is 12.6. The zero-order valence-corrected chi connectivity index (χ0v) is 13.1. The Bertz CT molecular complexity index is 544. The Kier molecular flexibility index (Phi) is 4.76. The molecule has 19 heavy (non-hydrogen) atoms. The second-order valence-corrected chi connectivity index (χ2v) is 7.42. The van der Waals surface area contributed by atoms with E-state index in [2.05, 4.69) is 0 Å². The zero-order valence-electron chi connectivity index (χ0n) is 12.3. The normalized spacial score (nSPS) is 13.0. The standard InChI is InChI=1S/C14H23NO3S/c1-6-15(10-14(4,5)16)19(17,18)13-9-11(2)7-8-12(13)3/h7-9,16H,6,10H2,1-5H3. The van der Waals surface area contributed by atoms with Gasteiger partial charge in [-0.25, -0.2) is 8.42 Å². The number of likely N-dealkylation sites (N-methyl/N-ethyl adjacent to an activating group) is 1. The Balaban J connectivity index is 3.25. The molecule has 1 aromatic carbocycles. The predicted octanol–water partition coefficient (Wildman–Crippen LogP) is 2.08. The molecule has 0 unspecified atom stereocenters. The molecule has 0 radical (unpaired) electrons. The summed E-state index contributed by atoms with van der Waals surface area (Å²) in [5, 5.41) is 9.85. The van der Waals surface area contributed by atoms with Crippen molar-refractivity contribution in [3.63, 3.8) is 0 Å². The van der Waals surface area contributed by atoms with Crippen LogP contribution in [0.2, 0.25) is 0 Å². The van der Waals surface area contributed by atoms with Gasteiger partial charge in [0.05, 0.1) is 10.5 Å². The molecule has 0 aliphatic carbocycles. The molecule has 0 aliphatic rings. The molecular formula is C14H23NO3S. The van der Waals surface area contributed by atoms with E-state index in [1.165, 1.54) is 4.31 Å². The molecule has 4 nitrogen and oxygen atoms in total. The number of hydrogen-bond donors (Lipinski definition) is 1. The van der Waals surface area contributed by atoms with Gasteiger partial charge in [0.1, 0.15) is 0 Å². The first-order valence-corrected chi connectivity index (χ1v) is 7.81. The van der Waals surface area contributed by atoms with Gasteiger partial charge in [-0.05, 0) is 44.9 Å². The van der Waals surface area contributed by atoms with Gasteiger partial charge in [0.2, 0.25) is 10.0 Å². The summed E-state index contributed by atoms with van der Waals surface area (Å²) in [6.45, 7) is 9.05. The van der Waals surface area contributed by atoms with Crippen LogP contribution in [0.25, 0.3) is 0 Å². The molecule has 1 aromatic rings. The molecule has 108 valence electrons. The summed E-state index contributed by atoms with van der Waals surface area (Å²) in [5.41, 5.74) is 0.573. The number of aryl methyl sites for hydroxylation is 2. The summed E-state index contributed by atoms with van der Waals surface area (Å²) in [6, 6.07) is 5.37. The average Bonchev–Trinajstić information content (AvgIpc) is 2.27. The highest BCUT2D eigenvalue weighted by molar-refractivity contribution is 7.89. The van der Waals surface area contributed by atoms with Crippen molar-refractivity contribution in [3.05, 3.63) is 29.3 Å². The van der Waals surface area contributed by atoms with Crippen LogP contribution in [0.3, 0.4) is 0 Å². The lowest BCUT2D eigenvalue weighted by atomic mass is 10.1. The van der Waals surface area contributed by atoms with Crippen LogP contribution in [0, 0.1) is 13.8 Å². The van der Waals surface area contributed by atoms with E-state index in [0.29, 0.717) is 11.4 Å². The predicted molar refractivity (Wildman–Crippen MR) is 76.6 cm³/mol. The number of sulfonamides is 1. The lowest BCUT2D eigenvalue weighted by molar-refractivity contribution is 0.0601. The van der Waals surface area contributed by atoms with Crippen LogP contribution in [0.4, 0.5) is 0 Å². The number of aliphatic hydroxyl groups is 1. The summed E-state index contributed by atoms with van der Waals surface area (Å²) >= 11 is 0. The SMILES string of the molecule is CCN(CC(C)(C)O)S(=O)(=O)c1cc(C)ccc1C. The molecule has 0 saturated heterocycles. The number of benzene rings is 1. The topological polar surface area (TPSA) is 57.6 Å². The zero-order chi connectivity index (χ0) is 14.8. The van der Waals surface area contributed by atoms with E-state index in [1.807, 2.05) is 13.0 Å². The lowest BCUT2D eigenvalue weighted by Crippen LogP contribution is -2.42. The van der Waals surface area contributed by atoms with Crippen LogP contribution in [-0.2, 0) is 10.0 Å². The molecule has 0 fully saturated rings. The van der Waals surface area contributed by atoms with Crippen molar-refractivity contribution in [2.24, 2.45) is 0 Å². The molecule has 0 aromatic heterocycles. The van der Waals surface area contributed by atoms with Gasteiger partial charge in [-0.15, -0.1) is 0 Å². The maximum Gasteiger partial charge on any atom is 0.243 e. The van der Waals surface area contributed by atoms with E-state index in [9.17, 15) is 13.5 Å². The molecule has 0 saturated carbocycles. The Hall–Kier alpha value is -0.910. The Morgan fingerprint density at radius 2 is 1.84 bits per heavy atom. The van der Waals surface area contributed by atoms with Gasteiger partial charge < -0.3 is 5.11 Å². The van der Waals surface area contributed by atoms with Crippen LogP contribution in [0.1, 0.15) is 31.9 Å². The van der Waals surface area contributed by atoms with Crippen LogP contribution in [0.5, 0.6) is 0 Å². The van der Waals surface area contributed by atoms with Gasteiger partial charge in [-0.2, -0.15) is 4.31 Å². The number of nitrogens with zero attached hydrogens (tertiary/aromatic N) is 1. The first-order valence-electron chi connectivity index (χ1n) is 6.37. The summed E-state index contributed by atoms with van der Waals surface area (Å²) in [5.74, 6) is 0. The fourth-order valence-corrected chi connectivity index (χ4v) is 3.84. The number of hydrogen-bond acceptors (Lipinski definition) is 3. The summed E-state index contributed by atoms with van der Waals surface area (Å²) in [7, 11) is -3.56. The molecule has 0 atom stereocenters. The van der Waals surface area contributed by atoms with Crippen molar-refractivity contribution in [1.82, 2.24) is 4.31 Å². The minimum atomic E-state index is -3.56. The molecule has 1 N–H and O–H groups in total. The van der Waals surface area contributed by atoms with Crippen molar-refractivity contribution in [2.45, 2.75) is 45.1 Å². The molecular weight excluding hydrogens is 262 g/mol. The Morgan fingerprint density at radius 1 is 1.26 bits per heavy atom. The quantitative estimate of drug-likeness (QED) is 0.901. The molecule has 0 aliphatic heterocycles. The molecule has 0 spiro atoms. The van der Waals surface area contributed by atoms with E-state index in [-0.39, 0.29) is 6.54 Å². The van der Waals surface area contributed by atoms with E-state index >= 15 is 0 Å². The van der Waals surface area contributed by atoms with Crippen molar-refractivity contribution in [2.75, 3.05) is 13.1 Å². The van der Waals surface area contributed by atoms with Crippen LogP contribution in [0.15, 0.2) is 23.1 Å². The molecule has 5 heteroatoms. The summed E-state index contributed by atoms with van der Waals surface area (Å²) in [4.78, 5) is 0.318. The Labute approximate surface area is 116 Å². The fourth-order valence-electron chi connectivity index (χ4n) is 1.92. The van der Waals surface area contributed by atoms with Gasteiger partial charge >= 0.3 is 0 Å². The van der Waals surface area contributed by atoms with E-state index in [0.717, 1.165) is 11.1 Å². The lowest BCUT2D eigenvalue weighted by Gasteiger charge is -2.28. The second-order valence-electron chi connectivity index (χ2n) is 5.51. The van der Waals surface area contributed by atoms with Crippen molar-refractivity contribution in [1.29, 1.82) is 0 Å². The fraction of sp³-hybridized carbons (Fsp3) is 0.571. The molecule has 0 amide bonds. The first-order chi connectivity index (χ1) is 8.58. The van der Waals surface area contributed by atoms with E-state index < -0.39 is 15.6 Å². The van der Waals surface area contributed by atoms with Crippen LogP contribution in [-0.4, -0.2) is 36.5 Å². The second kappa shape index (κ2) is 5.61. The smallest absolute Gasteiger partial charge is 0.243 e. The van der Waals surface area contributed by atoms with Gasteiger partial charge in [0.25, 0.3) is 0 Å². The third kappa shape index (κ3) is 4.03. The number of rotatable bonds is 5. The maximum atomic E-state index is 12.6. The highest BCUT2D eigenvalue weighted by Gasteiger charge is 2.29. The third-order valence-corrected chi connectivity index (χ3v) is 4.94. The first kappa shape index (κ1) is 16.1. The average molecular weight is 285 g/mol. The highest BCUT2D eigenvalue weighted by atomic mass is 32.2. The minimum absolute atomic E-state index is 0.0826. The van der Waals surface area contributed by atoms with Crippen LogP contribution < -0.4 is 0 Å².